The van der Waals surface area contributed by atoms with Crippen LogP contribution in [0.25, 0.3) is 0 Å². The molecule has 1 aromatic rings. The second-order valence-corrected chi connectivity index (χ2v) is 9.80. The molecule has 1 fully saturated rings. The molecule has 2 rings (SSSR count). The highest BCUT2D eigenvalue weighted by Crippen LogP contribution is 2.22. The number of nitrogens with one attached hydrogen (secondary N) is 1. The van der Waals surface area contributed by atoms with E-state index in [1.54, 1.807) is 35.7 Å². The lowest BCUT2D eigenvalue weighted by Gasteiger charge is -2.31. The number of ether oxygens (including phenoxy) is 2. The molecule has 1 N–H and O–H groups in total. The Bertz CT molecular complexity index is 717. The lowest BCUT2D eigenvalue weighted by molar-refractivity contribution is 0.0513. The topological polar surface area (TPSA) is 84.9 Å². The fourth-order valence-corrected chi connectivity index (χ4v) is 4.52. The first-order valence-electron chi connectivity index (χ1n) is 9.17. The van der Waals surface area contributed by atoms with Crippen molar-refractivity contribution in [3.05, 3.63) is 29.8 Å². The molecule has 1 aliphatic heterocycles. The van der Waals surface area contributed by atoms with Crippen molar-refractivity contribution in [3.63, 3.8) is 0 Å². The number of hydrogen-bond donors (Lipinski definition) is 1. The van der Waals surface area contributed by atoms with E-state index in [2.05, 4.69) is 5.32 Å². The maximum absolute atomic E-state index is 12.6. The fourth-order valence-electron chi connectivity index (χ4n) is 2.96. The van der Waals surface area contributed by atoms with Gasteiger partial charge in [0.1, 0.15) is 11.4 Å². The zero-order valence-corrected chi connectivity index (χ0v) is 17.3. The molecule has 7 nitrogen and oxygen atoms in total. The highest BCUT2D eigenvalue weighted by molar-refractivity contribution is 7.88. The number of rotatable bonds is 6. The second kappa shape index (κ2) is 8.93. The summed E-state index contributed by atoms with van der Waals surface area (Å²) in [7, 11) is -1.78. The van der Waals surface area contributed by atoms with E-state index >= 15 is 0 Å². The minimum absolute atomic E-state index is 0.0161. The maximum Gasteiger partial charge on any atom is 0.407 e. The monoisotopic (exact) mass is 398 g/mol. The molecule has 1 aliphatic rings. The van der Waals surface area contributed by atoms with Gasteiger partial charge in [-0.25, -0.2) is 17.5 Å². The van der Waals surface area contributed by atoms with Crippen LogP contribution in [-0.4, -0.2) is 51.2 Å². The van der Waals surface area contributed by atoms with Crippen molar-refractivity contribution in [2.24, 2.45) is 5.92 Å². The van der Waals surface area contributed by atoms with Gasteiger partial charge < -0.3 is 14.8 Å². The summed E-state index contributed by atoms with van der Waals surface area (Å²) >= 11 is 0. The predicted octanol–water partition coefficient (Wildman–Crippen LogP) is 2.76. The number of amides is 1. The number of carbonyl (C=O) groups is 1. The molecule has 0 atom stereocenters. The lowest BCUT2D eigenvalue weighted by Crippen LogP contribution is -2.42. The molecule has 0 aliphatic carbocycles. The summed E-state index contributed by atoms with van der Waals surface area (Å²) in [4.78, 5) is 11.7. The lowest BCUT2D eigenvalue weighted by atomic mass is 9.98. The minimum atomic E-state index is -3.35. The molecule has 0 aromatic heterocycles. The maximum atomic E-state index is 12.6. The van der Waals surface area contributed by atoms with Gasteiger partial charge in [0, 0.05) is 19.6 Å². The number of nitrogens with zero attached hydrogens (tertiary/aromatic N) is 1. The van der Waals surface area contributed by atoms with Gasteiger partial charge in [-0.2, -0.15) is 0 Å². The highest BCUT2D eigenvalue weighted by Gasteiger charge is 2.28. The van der Waals surface area contributed by atoms with Gasteiger partial charge in [-0.1, -0.05) is 12.1 Å². The number of hydrogen-bond acceptors (Lipinski definition) is 5. The molecule has 1 heterocycles. The number of methoxy groups -OCH3 is 1. The number of carbonyl (C=O) groups excluding carboxylic acids is 1. The molecular weight excluding hydrogens is 368 g/mol. The smallest absolute Gasteiger partial charge is 0.407 e. The molecule has 8 heteroatoms. The summed E-state index contributed by atoms with van der Waals surface area (Å²) in [5.74, 6) is 0.942. The molecule has 152 valence electrons. The normalized spacial score (nSPS) is 16.7. The van der Waals surface area contributed by atoms with Crippen molar-refractivity contribution in [3.8, 4) is 5.75 Å². The van der Waals surface area contributed by atoms with Crippen LogP contribution in [0.15, 0.2) is 24.3 Å². The van der Waals surface area contributed by atoms with Crippen LogP contribution in [0.2, 0.25) is 0 Å². The molecule has 1 aromatic carbocycles. The van der Waals surface area contributed by atoms with Crippen LogP contribution in [0.1, 0.15) is 39.2 Å². The van der Waals surface area contributed by atoms with Crippen LogP contribution in [0.3, 0.4) is 0 Å². The van der Waals surface area contributed by atoms with Gasteiger partial charge in [-0.15, -0.1) is 0 Å². The first-order valence-corrected chi connectivity index (χ1v) is 10.8. The Hall–Kier alpha value is -1.80. The molecule has 0 radical (unpaired) electrons. The van der Waals surface area contributed by atoms with Crippen LogP contribution in [0.5, 0.6) is 5.75 Å². The van der Waals surface area contributed by atoms with E-state index in [9.17, 15) is 13.2 Å². The highest BCUT2D eigenvalue weighted by atomic mass is 32.2. The van der Waals surface area contributed by atoms with Gasteiger partial charge in [-0.05, 0) is 57.2 Å². The number of piperidine rings is 1. The Kier molecular flexibility index (Phi) is 7.11. The van der Waals surface area contributed by atoms with Crippen molar-refractivity contribution in [2.75, 3.05) is 26.7 Å². The number of benzene rings is 1. The van der Waals surface area contributed by atoms with Crippen molar-refractivity contribution in [1.29, 1.82) is 0 Å². The van der Waals surface area contributed by atoms with E-state index in [1.807, 2.05) is 20.8 Å². The largest absolute Gasteiger partial charge is 0.497 e. The Balaban J connectivity index is 1.80. The van der Waals surface area contributed by atoms with Gasteiger partial charge in [-0.3, -0.25) is 0 Å². The molecule has 1 amide bonds. The third-order valence-electron chi connectivity index (χ3n) is 4.41. The van der Waals surface area contributed by atoms with E-state index < -0.39 is 21.7 Å². The zero-order chi connectivity index (χ0) is 20.1. The first-order chi connectivity index (χ1) is 12.6. The first kappa shape index (κ1) is 21.5. The van der Waals surface area contributed by atoms with E-state index in [0.29, 0.717) is 25.4 Å². The minimum Gasteiger partial charge on any atom is -0.497 e. The number of sulfonamides is 1. The summed E-state index contributed by atoms with van der Waals surface area (Å²) < 4.78 is 37.1. The SMILES string of the molecule is COc1ccc(CS(=O)(=O)N2CCC(CNC(=O)OC(C)(C)C)CC2)cc1. The third-order valence-corrected chi connectivity index (χ3v) is 6.26. The summed E-state index contributed by atoms with van der Waals surface area (Å²) in [6.07, 6.45) is 1.01. The van der Waals surface area contributed by atoms with Gasteiger partial charge in [0.05, 0.1) is 12.9 Å². The van der Waals surface area contributed by atoms with Crippen molar-refractivity contribution in [2.45, 2.75) is 45.0 Å². The average molecular weight is 399 g/mol. The van der Waals surface area contributed by atoms with Crippen LogP contribution >= 0.6 is 0 Å². The second-order valence-electron chi connectivity index (χ2n) is 7.83. The Morgan fingerprint density at radius 2 is 1.78 bits per heavy atom. The Morgan fingerprint density at radius 1 is 1.19 bits per heavy atom. The standard InChI is InChI=1S/C19H30N2O5S/c1-19(2,3)26-18(22)20-13-15-9-11-21(12-10-15)27(23,24)14-16-5-7-17(25-4)8-6-16/h5-8,15H,9-14H2,1-4H3,(H,20,22). The van der Waals surface area contributed by atoms with Crippen LogP contribution in [0, 0.1) is 5.92 Å². The van der Waals surface area contributed by atoms with Gasteiger partial charge >= 0.3 is 6.09 Å². The van der Waals surface area contributed by atoms with Crippen LogP contribution in [0.4, 0.5) is 4.79 Å². The van der Waals surface area contributed by atoms with Gasteiger partial charge in [0.15, 0.2) is 0 Å². The average Bonchev–Trinajstić information content (AvgIpc) is 2.59. The summed E-state index contributed by atoms with van der Waals surface area (Å²) in [5.41, 5.74) is 0.215. The van der Waals surface area contributed by atoms with Crippen molar-refractivity contribution in [1.82, 2.24) is 9.62 Å². The molecule has 0 spiro atoms. The molecule has 1 saturated heterocycles. The van der Waals surface area contributed by atoms with Gasteiger partial charge in [0.2, 0.25) is 10.0 Å². The van der Waals surface area contributed by atoms with E-state index in [-0.39, 0.29) is 11.7 Å². The molecule has 0 bridgehead atoms. The van der Waals surface area contributed by atoms with Crippen LogP contribution in [-0.2, 0) is 20.5 Å². The fraction of sp³-hybridized carbons (Fsp3) is 0.632. The summed E-state index contributed by atoms with van der Waals surface area (Å²) in [6, 6.07) is 7.07. The van der Waals surface area contributed by atoms with Gasteiger partial charge in [0.25, 0.3) is 0 Å². The number of alkyl carbamates (subject to hydrolysis) is 1. The molecule has 27 heavy (non-hydrogen) atoms. The van der Waals surface area contributed by atoms with Crippen molar-refractivity contribution < 1.29 is 22.7 Å². The van der Waals surface area contributed by atoms with E-state index in [4.69, 9.17) is 9.47 Å². The third kappa shape index (κ3) is 7.03. The summed E-state index contributed by atoms with van der Waals surface area (Å²) in [5, 5.41) is 2.77. The van der Waals surface area contributed by atoms with Crippen LogP contribution < -0.4 is 10.1 Å². The predicted molar refractivity (Wildman–Crippen MR) is 104 cm³/mol. The zero-order valence-electron chi connectivity index (χ0n) is 16.5. The van der Waals surface area contributed by atoms with Crippen molar-refractivity contribution >= 4 is 16.1 Å². The molecule has 0 saturated carbocycles. The Labute approximate surface area is 162 Å². The Morgan fingerprint density at radius 3 is 2.30 bits per heavy atom. The molecular formula is C19H30N2O5S. The summed E-state index contributed by atoms with van der Waals surface area (Å²) in [6.45, 7) is 6.90. The van der Waals surface area contributed by atoms with E-state index in [0.717, 1.165) is 18.4 Å². The quantitative estimate of drug-likeness (QED) is 0.796. The van der Waals surface area contributed by atoms with E-state index in [1.165, 1.54) is 0 Å². The molecule has 0 unspecified atom stereocenters.